The van der Waals surface area contributed by atoms with Crippen LogP contribution < -0.4 is 14.4 Å². The number of amides is 1. The van der Waals surface area contributed by atoms with Gasteiger partial charge < -0.3 is 14.6 Å². The van der Waals surface area contributed by atoms with E-state index in [1.165, 1.54) is 40.5 Å². The van der Waals surface area contributed by atoms with Crippen LogP contribution in [0.3, 0.4) is 0 Å². The lowest BCUT2D eigenvalue weighted by Gasteiger charge is -2.23. The first-order valence-corrected chi connectivity index (χ1v) is 13.1. The molecule has 4 aromatic rings. The lowest BCUT2D eigenvalue weighted by atomic mass is 9.94. The molecule has 1 amide bonds. The Morgan fingerprint density at radius 3 is 2.71 bits per heavy atom. The second kappa shape index (κ2) is 9.25. The molecule has 0 radical (unpaired) electrons. The van der Waals surface area contributed by atoms with E-state index in [9.17, 15) is 19.1 Å². The van der Waals surface area contributed by atoms with E-state index in [4.69, 9.17) is 9.47 Å². The summed E-state index contributed by atoms with van der Waals surface area (Å²) in [5.41, 5.74) is 2.34. The number of nitrogens with zero attached hydrogens (tertiary/aromatic N) is 2. The molecule has 0 unspecified atom stereocenters. The first-order chi connectivity index (χ1) is 18.3. The number of halogens is 1. The summed E-state index contributed by atoms with van der Waals surface area (Å²) in [6, 6.07) is 15.1. The van der Waals surface area contributed by atoms with Gasteiger partial charge in [-0.05, 0) is 73.5 Å². The van der Waals surface area contributed by atoms with Crippen molar-refractivity contribution in [2.45, 2.75) is 32.4 Å². The van der Waals surface area contributed by atoms with Crippen LogP contribution in [0.1, 0.15) is 36.6 Å². The van der Waals surface area contributed by atoms with Gasteiger partial charge in [0.2, 0.25) is 0 Å². The SMILES string of the molecule is CCOc1ccc2nc(N3C(=O)C(=O)C(=C(O)c4ccc5c(c4)C[C@H](C)O5)[C@H]3c3ccc(F)cc3)sc2c1. The average Bonchev–Trinajstić information content (AvgIpc) is 3.56. The lowest BCUT2D eigenvalue weighted by Crippen LogP contribution is -2.29. The second-order valence-electron chi connectivity index (χ2n) is 9.23. The molecule has 192 valence electrons. The first-order valence-electron chi connectivity index (χ1n) is 12.2. The Hall–Kier alpha value is -4.24. The molecule has 6 rings (SSSR count). The smallest absolute Gasteiger partial charge is 0.301 e. The van der Waals surface area contributed by atoms with Crippen molar-refractivity contribution in [1.82, 2.24) is 4.98 Å². The Morgan fingerprint density at radius 2 is 1.95 bits per heavy atom. The highest BCUT2D eigenvalue weighted by atomic mass is 32.1. The molecule has 3 aromatic carbocycles. The number of ketones is 1. The van der Waals surface area contributed by atoms with Crippen LogP contribution in [0.25, 0.3) is 16.0 Å². The van der Waals surface area contributed by atoms with E-state index >= 15 is 0 Å². The van der Waals surface area contributed by atoms with Crippen LogP contribution in [-0.2, 0) is 16.0 Å². The number of carbonyl (C=O) groups excluding carboxylic acids is 2. The topological polar surface area (TPSA) is 89.0 Å². The van der Waals surface area contributed by atoms with E-state index in [0.717, 1.165) is 16.0 Å². The Kier molecular flexibility index (Phi) is 5.87. The Bertz CT molecular complexity index is 1630. The molecule has 0 aliphatic carbocycles. The van der Waals surface area contributed by atoms with Crippen LogP contribution >= 0.6 is 11.3 Å². The fraction of sp³-hybridized carbons (Fsp3) is 0.207. The predicted molar refractivity (Wildman–Crippen MR) is 142 cm³/mol. The zero-order chi connectivity index (χ0) is 26.6. The van der Waals surface area contributed by atoms with Crippen molar-refractivity contribution >= 4 is 44.1 Å². The second-order valence-corrected chi connectivity index (χ2v) is 10.2. The van der Waals surface area contributed by atoms with Gasteiger partial charge in [-0.2, -0.15) is 0 Å². The van der Waals surface area contributed by atoms with Gasteiger partial charge in [0.15, 0.2) is 5.13 Å². The number of rotatable bonds is 5. The summed E-state index contributed by atoms with van der Waals surface area (Å²) < 4.78 is 25.9. The maximum Gasteiger partial charge on any atom is 0.301 e. The van der Waals surface area contributed by atoms with Crippen LogP contribution in [0.15, 0.2) is 66.2 Å². The van der Waals surface area contributed by atoms with Crippen LogP contribution in [-0.4, -0.2) is 34.5 Å². The molecule has 1 aromatic heterocycles. The number of aromatic nitrogens is 1. The molecule has 0 spiro atoms. The number of aliphatic hydroxyl groups is 1. The minimum atomic E-state index is -0.994. The third-order valence-corrected chi connectivity index (χ3v) is 7.68. The van der Waals surface area contributed by atoms with Crippen molar-refractivity contribution in [2.24, 2.45) is 0 Å². The van der Waals surface area contributed by atoms with Gasteiger partial charge in [-0.3, -0.25) is 14.5 Å². The van der Waals surface area contributed by atoms with Gasteiger partial charge in [-0.15, -0.1) is 0 Å². The van der Waals surface area contributed by atoms with Crippen LogP contribution in [0.2, 0.25) is 0 Å². The molecule has 9 heteroatoms. The zero-order valence-electron chi connectivity index (χ0n) is 20.6. The lowest BCUT2D eigenvalue weighted by molar-refractivity contribution is -0.132. The van der Waals surface area contributed by atoms with Crippen LogP contribution in [0, 0.1) is 5.82 Å². The summed E-state index contributed by atoms with van der Waals surface area (Å²) in [4.78, 5) is 32.8. The maximum atomic E-state index is 13.8. The number of hydrogen-bond acceptors (Lipinski definition) is 7. The molecule has 0 saturated carbocycles. The largest absolute Gasteiger partial charge is 0.507 e. The van der Waals surface area contributed by atoms with Crippen molar-refractivity contribution in [3.63, 3.8) is 0 Å². The van der Waals surface area contributed by atoms with Crippen molar-refractivity contribution in [1.29, 1.82) is 0 Å². The normalized spacial score (nSPS) is 20.1. The summed E-state index contributed by atoms with van der Waals surface area (Å²) >= 11 is 1.23. The van der Waals surface area contributed by atoms with Gasteiger partial charge in [0.05, 0.1) is 28.4 Å². The van der Waals surface area contributed by atoms with E-state index < -0.39 is 23.5 Å². The van der Waals surface area contributed by atoms with Gasteiger partial charge in [0, 0.05) is 12.0 Å². The first kappa shape index (κ1) is 24.1. The minimum Gasteiger partial charge on any atom is -0.507 e. The molecule has 1 fully saturated rings. The van der Waals surface area contributed by atoms with Gasteiger partial charge in [0.1, 0.15) is 29.2 Å². The molecule has 2 aliphatic heterocycles. The van der Waals surface area contributed by atoms with Crippen molar-refractivity contribution in [3.8, 4) is 11.5 Å². The highest BCUT2D eigenvalue weighted by Gasteiger charge is 2.48. The van der Waals surface area contributed by atoms with E-state index in [1.54, 1.807) is 30.3 Å². The molecule has 1 N–H and O–H groups in total. The van der Waals surface area contributed by atoms with Crippen molar-refractivity contribution < 1.29 is 28.6 Å². The third-order valence-electron chi connectivity index (χ3n) is 6.67. The van der Waals surface area contributed by atoms with Gasteiger partial charge >= 0.3 is 5.91 Å². The molecule has 2 aliphatic rings. The average molecular weight is 531 g/mol. The van der Waals surface area contributed by atoms with Crippen molar-refractivity contribution in [3.05, 3.63) is 88.7 Å². The third kappa shape index (κ3) is 3.99. The van der Waals surface area contributed by atoms with Crippen molar-refractivity contribution in [2.75, 3.05) is 11.5 Å². The Labute approximate surface area is 221 Å². The molecular weight excluding hydrogens is 507 g/mol. The predicted octanol–water partition coefficient (Wildman–Crippen LogP) is 5.78. The number of hydrogen-bond donors (Lipinski definition) is 1. The summed E-state index contributed by atoms with van der Waals surface area (Å²) in [6.45, 7) is 4.35. The van der Waals surface area contributed by atoms with E-state index in [1.807, 2.05) is 19.9 Å². The fourth-order valence-corrected chi connectivity index (χ4v) is 5.99. The summed E-state index contributed by atoms with van der Waals surface area (Å²) in [7, 11) is 0. The van der Waals surface area contributed by atoms with Gasteiger partial charge in [0.25, 0.3) is 5.78 Å². The number of benzene rings is 3. The highest BCUT2D eigenvalue weighted by molar-refractivity contribution is 7.22. The summed E-state index contributed by atoms with van der Waals surface area (Å²) in [5.74, 6) is -1.02. The van der Waals surface area contributed by atoms with E-state index in [2.05, 4.69) is 4.98 Å². The van der Waals surface area contributed by atoms with Gasteiger partial charge in [-0.25, -0.2) is 9.37 Å². The molecule has 0 bridgehead atoms. The fourth-order valence-electron chi connectivity index (χ4n) is 4.97. The molecule has 7 nitrogen and oxygen atoms in total. The number of thiazole rings is 1. The standard InChI is InChI=1S/C29H23FN2O5S/c1-3-36-20-9-10-21-23(14-20)38-29(31-21)32-25(16-4-7-19(30)8-5-16)24(27(34)28(32)35)26(33)17-6-11-22-18(13-17)12-15(2)37-22/h4-11,13-15,25,33H,3,12H2,1-2H3/t15-,25+/m0/s1. The van der Waals surface area contributed by atoms with Crippen LogP contribution in [0.4, 0.5) is 9.52 Å². The molecule has 38 heavy (non-hydrogen) atoms. The number of carbonyl (C=O) groups is 2. The number of ether oxygens (including phenoxy) is 2. The monoisotopic (exact) mass is 530 g/mol. The summed E-state index contributed by atoms with van der Waals surface area (Å²) in [6.07, 6.45) is 0.677. The quantitative estimate of drug-likeness (QED) is 0.200. The molecule has 3 heterocycles. The number of fused-ring (bicyclic) bond motifs is 2. The Morgan fingerprint density at radius 1 is 1.16 bits per heavy atom. The van der Waals surface area contributed by atoms with E-state index in [-0.39, 0.29) is 17.4 Å². The van der Waals surface area contributed by atoms with E-state index in [0.29, 0.717) is 40.6 Å². The molecule has 1 saturated heterocycles. The Balaban J connectivity index is 1.50. The molecule has 2 atom stereocenters. The van der Waals surface area contributed by atoms with Gasteiger partial charge in [-0.1, -0.05) is 23.5 Å². The zero-order valence-corrected chi connectivity index (χ0v) is 21.4. The number of anilines is 1. The van der Waals surface area contributed by atoms with Crippen LogP contribution in [0.5, 0.6) is 11.5 Å². The highest BCUT2D eigenvalue weighted by Crippen LogP contribution is 2.45. The summed E-state index contributed by atoms with van der Waals surface area (Å²) in [5, 5.41) is 11.7. The number of aliphatic hydroxyl groups excluding tert-OH is 1. The maximum absolute atomic E-state index is 13.8. The molecular formula is C29H23FN2O5S. The minimum absolute atomic E-state index is 0.00877. The number of Topliss-reactive ketones (excluding diaryl/α,β-unsaturated/α-hetero) is 1.